The molecule has 1 aliphatic carbocycles. The van der Waals surface area contributed by atoms with Crippen LogP contribution in [0.4, 0.5) is 0 Å². The van der Waals surface area contributed by atoms with Crippen LogP contribution >= 0.6 is 0 Å². The topological polar surface area (TPSA) is 87.7 Å². The Morgan fingerprint density at radius 2 is 1.86 bits per heavy atom. The molecule has 0 radical (unpaired) electrons. The molecular weight excluding hydrogens is 266 g/mol. The quantitative estimate of drug-likeness (QED) is 0.343. The van der Waals surface area contributed by atoms with Crippen molar-refractivity contribution >= 4 is 11.7 Å². The molecule has 1 aliphatic rings. The number of oxime groups is 1. The van der Waals surface area contributed by atoms with Gasteiger partial charge in [0.15, 0.2) is 5.84 Å². The third kappa shape index (κ3) is 2.86. The molecule has 0 unspecified atom stereocenters. The molecule has 1 saturated carbocycles. The highest BCUT2D eigenvalue weighted by atomic mass is 16.4. The molecule has 0 spiro atoms. The predicted molar refractivity (Wildman–Crippen MR) is 82.2 cm³/mol. The van der Waals surface area contributed by atoms with Gasteiger partial charge in [-0.2, -0.15) is 0 Å². The highest BCUT2D eigenvalue weighted by molar-refractivity contribution is 5.97. The van der Waals surface area contributed by atoms with Crippen LogP contribution in [-0.2, 0) is 10.2 Å². The van der Waals surface area contributed by atoms with Crippen molar-refractivity contribution in [1.82, 2.24) is 5.32 Å². The number of nitrogens with two attached hydrogens (primary N) is 1. The number of hydrogen-bond donors (Lipinski definition) is 3. The minimum atomic E-state index is -0.710. The van der Waals surface area contributed by atoms with Gasteiger partial charge in [-0.1, -0.05) is 48.3 Å². The van der Waals surface area contributed by atoms with Gasteiger partial charge in [0.1, 0.15) is 5.54 Å². The SMILES string of the molecule is CC(C)(C(=O)NC1(/C(N)=N/O)CCCC1)c1ccccc1. The lowest BCUT2D eigenvalue weighted by Crippen LogP contribution is -2.59. The second-order valence-corrected chi connectivity index (χ2v) is 6.22. The average molecular weight is 289 g/mol. The molecule has 0 heterocycles. The summed E-state index contributed by atoms with van der Waals surface area (Å²) < 4.78 is 0. The maximum Gasteiger partial charge on any atom is 0.230 e. The predicted octanol–water partition coefficient (Wildman–Crippen LogP) is 2.14. The molecular formula is C16H23N3O2. The van der Waals surface area contributed by atoms with Crippen molar-refractivity contribution in [2.24, 2.45) is 10.9 Å². The van der Waals surface area contributed by atoms with E-state index in [1.54, 1.807) is 0 Å². The number of nitrogens with zero attached hydrogens (tertiary/aromatic N) is 1. The number of rotatable bonds is 4. The van der Waals surface area contributed by atoms with Crippen LogP contribution in [0.1, 0.15) is 45.1 Å². The molecule has 1 fully saturated rings. The summed E-state index contributed by atoms with van der Waals surface area (Å²) in [5, 5.41) is 15.2. The zero-order chi connectivity index (χ0) is 15.5. The van der Waals surface area contributed by atoms with Crippen molar-refractivity contribution in [3.63, 3.8) is 0 Å². The standard InChI is InChI=1S/C16H23N3O2/c1-15(2,12-8-4-3-5-9-12)14(20)18-16(13(17)19-21)10-6-7-11-16/h3-5,8-9,21H,6-7,10-11H2,1-2H3,(H2,17,19)(H,18,20). The zero-order valence-electron chi connectivity index (χ0n) is 12.6. The van der Waals surface area contributed by atoms with Crippen LogP contribution < -0.4 is 11.1 Å². The maximum atomic E-state index is 12.7. The highest BCUT2D eigenvalue weighted by Crippen LogP contribution is 2.32. The molecule has 114 valence electrons. The minimum absolute atomic E-state index is 0.0946. The minimum Gasteiger partial charge on any atom is -0.409 e. The van der Waals surface area contributed by atoms with E-state index in [2.05, 4.69) is 10.5 Å². The Hall–Kier alpha value is -2.04. The number of amidine groups is 1. The van der Waals surface area contributed by atoms with Gasteiger partial charge in [-0.05, 0) is 32.3 Å². The summed E-state index contributed by atoms with van der Waals surface area (Å²) in [6, 6.07) is 9.62. The first-order chi connectivity index (χ1) is 9.92. The van der Waals surface area contributed by atoms with Crippen molar-refractivity contribution in [1.29, 1.82) is 0 Å². The van der Waals surface area contributed by atoms with E-state index in [1.807, 2.05) is 44.2 Å². The van der Waals surface area contributed by atoms with Gasteiger partial charge in [0.05, 0.1) is 5.41 Å². The van der Waals surface area contributed by atoms with E-state index in [4.69, 9.17) is 10.9 Å². The molecule has 1 aromatic rings. The van der Waals surface area contributed by atoms with Crippen molar-refractivity contribution in [3.8, 4) is 0 Å². The molecule has 4 N–H and O–H groups in total. The summed E-state index contributed by atoms with van der Waals surface area (Å²) in [5.41, 5.74) is 5.38. The molecule has 0 saturated heterocycles. The van der Waals surface area contributed by atoms with Crippen LogP contribution in [0.25, 0.3) is 0 Å². The summed E-state index contributed by atoms with van der Waals surface area (Å²) in [4.78, 5) is 12.7. The van der Waals surface area contributed by atoms with Gasteiger partial charge in [-0.15, -0.1) is 0 Å². The first-order valence-corrected chi connectivity index (χ1v) is 7.28. The molecule has 5 nitrogen and oxygen atoms in total. The van der Waals surface area contributed by atoms with Crippen LogP contribution in [0.15, 0.2) is 35.5 Å². The Labute approximate surface area is 125 Å². The van der Waals surface area contributed by atoms with Crippen LogP contribution in [-0.4, -0.2) is 22.5 Å². The van der Waals surface area contributed by atoms with Crippen LogP contribution in [0, 0.1) is 0 Å². The second-order valence-electron chi connectivity index (χ2n) is 6.22. The van der Waals surface area contributed by atoms with Crippen LogP contribution in [0.2, 0.25) is 0 Å². The molecule has 2 rings (SSSR count). The van der Waals surface area contributed by atoms with Gasteiger partial charge in [0, 0.05) is 0 Å². The van der Waals surface area contributed by atoms with Gasteiger partial charge < -0.3 is 16.3 Å². The fraction of sp³-hybridized carbons (Fsp3) is 0.500. The van der Waals surface area contributed by atoms with Gasteiger partial charge >= 0.3 is 0 Å². The number of carbonyl (C=O) groups is 1. The summed E-state index contributed by atoms with van der Waals surface area (Å²) >= 11 is 0. The Morgan fingerprint density at radius 1 is 1.29 bits per heavy atom. The van der Waals surface area contributed by atoms with Crippen molar-refractivity contribution in [2.75, 3.05) is 0 Å². The maximum absolute atomic E-state index is 12.7. The molecule has 0 aromatic heterocycles. The summed E-state index contributed by atoms with van der Waals surface area (Å²) in [6.07, 6.45) is 3.34. The molecule has 5 heteroatoms. The summed E-state index contributed by atoms with van der Waals surface area (Å²) in [7, 11) is 0. The van der Waals surface area contributed by atoms with Crippen molar-refractivity contribution in [2.45, 2.75) is 50.5 Å². The normalized spacial score (nSPS) is 18.5. The molecule has 0 aliphatic heterocycles. The first-order valence-electron chi connectivity index (χ1n) is 7.28. The number of nitrogens with one attached hydrogen (secondary N) is 1. The molecule has 21 heavy (non-hydrogen) atoms. The monoisotopic (exact) mass is 289 g/mol. The van der Waals surface area contributed by atoms with E-state index in [0.717, 1.165) is 18.4 Å². The lowest BCUT2D eigenvalue weighted by molar-refractivity contribution is -0.126. The Kier molecular flexibility index (Phi) is 4.21. The Morgan fingerprint density at radius 3 is 2.38 bits per heavy atom. The number of hydrogen-bond acceptors (Lipinski definition) is 3. The van der Waals surface area contributed by atoms with Gasteiger partial charge in [-0.3, -0.25) is 4.79 Å². The zero-order valence-corrected chi connectivity index (χ0v) is 12.6. The molecule has 0 bridgehead atoms. The van der Waals surface area contributed by atoms with Crippen LogP contribution in [0.5, 0.6) is 0 Å². The number of benzene rings is 1. The Balaban J connectivity index is 2.24. The van der Waals surface area contributed by atoms with E-state index in [0.29, 0.717) is 12.8 Å². The fourth-order valence-electron chi connectivity index (χ4n) is 2.88. The smallest absolute Gasteiger partial charge is 0.230 e. The number of amides is 1. The van der Waals surface area contributed by atoms with E-state index in [1.165, 1.54) is 0 Å². The average Bonchev–Trinajstić information content (AvgIpc) is 2.97. The molecule has 1 amide bonds. The largest absolute Gasteiger partial charge is 0.409 e. The van der Waals surface area contributed by atoms with Gasteiger partial charge in [0.2, 0.25) is 5.91 Å². The number of carbonyl (C=O) groups excluding carboxylic acids is 1. The van der Waals surface area contributed by atoms with Gasteiger partial charge in [-0.25, -0.2) is 0 Å². The van der Waals surface area contributed by atoms with Crippen LogP contribution in [0.3, 0.4) is 0 Å². The van der Waals surface area contributed by atoms with E-state index < -0.39 is 11.0 Å². The first kappa shape index (κ1) is 15.4. The Bertz CT molecular complexity index is 532. The highest BCUT2D eigenvalue weighted by Gasteiger charge is 2.43. The van der Waals surface area contributed by atoms with Crippen molar-refractivity contribution < 1.29 is 10.0 Å². The lowest BCUT2D eigenvalue weighted by atomic mass is 9.82. The molecule has 0 atom stereocenters. The van der Waals surface area contributed by atoms with E-state index in [-0.39, 0.29) is 11.7 Å². The van der Waals surface area contributed by atoms with Gasteiger partial charge in [0.25, 0.3) is 0 Å². The summed E-state index contributed by atoms with van der Waals surface area (Å²) in [6.45, 7) is 3.76. The van der Waals surface area contributed by atoms with Crippen molar-refractivity contribution in [3.05, 3.63) is 35.9 Å². The third-order valence-electron chi connectivity index (χ3n) is 4.47. The molecule has 1 aromatic carbocycles. The summed E-state index contributed by atoms with van der Waals surface area (Å²) in [5.74, 6) is -0.0144. The van der Waals surface area contributed by atoms with E-state index in [9.17, 15) is 4.79 Å². The second kappa shape index (κ2) is 5.76. The fourth-order valence-corrected chi connectivity index (χ4v) is 2.88. The third-order valence-corrected chi connectivity index (χ3v) is 4.47. The lowest BCUT2D eigenvalue weighted by Gasteiger charge is -2.33. The van der Waals surface area contributed by atoms with E-state index >= 15 is 0 Å².